The highest BCUT2D eigenvalue weighted by atomic mass is 35.5. The Morgan fingerprint density at radius 2 is 2.33 bits per heavy atom. The molecule has 0 unspecified atom stereocenters. The number of nitrogens with two attached hydrogens (primary N) is 1. The van der Waals surface area contributed by atoms with E-state index in [2.05, 4.69) is 22.9 Å². The zero-order valence-corrected chi connectivity index (χ0v) is 13.1. The zero-order chi connectivity index (χ0) is 14.8. The molecule has 1 aliphatic heterocycles. The summed E-state index contributed by atoms with van der Waals surface area (Å²) in [6.45, 7) is 6.43. The molecule has 3 rings (SSSR count). The Hall–Kier alpha value is -1.07. The van der Waals surface area contributed by atoms with Gasteiger partial charge in [0, 0.05) is 30.7 Å². The van der Waals surface area contributed by atoms with Gasteiger partial charge in [-0.25, -0.2) is 0 Å². The maximum absolute atomic E-state index is 6.27. The predicted molar refractivity (Wildman–Crippen MR) is 86.7 cm³/mol. The Morgan fingerprint density at radius 1 is 1.48 bits per heavy atom. The van der Waals surface area contributed by atoms with Gasteiger partial charge in [-0.2, -0.15) is 0 Å². The Labute approximate surface area is 130 Å². The van der Waals surface area contributed by atoms with Crippen LogP contribution in [0.15, 0.2) is 18.2 Å². The highest BCUT2D eigenvalue weighted by molar-refractivity contribution is 6.35. The van der Waals surface area contributed by atoms with Crippen LogP contribution in [0.3, 0.4) is 0 Å². The summed E-state index contributed by atoms with van der Waals surface area (Å²) in [6, 6.07) is 6.05. The largest absolute Gasteiger partial charge is 0.376 e. The van der Waals surface area contributed by atoms with Crippen LogP contribution in [0.1, 0.15) is 17.7 Å². The van der Waals surface area contributed by atoms with Gasteiger partial charge in [0.2, 0.25) is 0 Å². The van der Waals surface area contributed by atoms with E-state index in [-0.39, 0.29) is 6.10 Å². The molecular formula is C16H22ClN3O. The third-order valence-electron chi connectivity index (χ3n) is 4.24. The van der Waals surface area contributed by atoms with Gasteiger partial charge >= 0.3 is 0 Å². The first-order valence-electron chi connectivity index (χ1n) is 7.48. The molecule has 3 N–H and O–H groups in total. The number of fused-ring (bicyclic) bond motifs is 1. The fourth-order valence-corrected chi connectivity index (χ4v) is 3.26. The summed E-state index contributed by atoms with van der Waals surface area (Å²) in [5.74, 6) is 0. The summed E-state index contributed by atoms with van der Waals surface area (Å²) >= 11 is 6.27. The fraction of sp³-hybridized carbons (Fsp3) is 0.500. The number of benzene rings is 1. The second kappa shape index (κ2) is 6.36. The van der Waals surface area contributed by atoms with Gasteiger partial charge in [-0.05, 0) is 31.5 Å². The maximum atomic E-state index is 6.27. The number of aromatic nitrogens is 1. The second-order valence-corrected chi connectivity index (χ2v) is 6.10. The lowest BCUT2D eigenvalue weighted by Gasteiger charge is -2.32. The van der Waals surface area contributed by atoms with Crippen molar-refractivity contribution in [2.24, 2.45) is 5.73 Å². The van der Waals surface area contributed by atoms with E-state index in [1.165, 1.54) is 16.6 Å². The van der Waals surface area contributed by atoms with Crippen molar-refractivity contribution in [1.29, 1.82) is 0 Å². The number of nitrogens with zero attached hydrogens (tertiary/aromatic N) is 1. The minimum Gasteiger partial charge on any atom is -0.376 e. The van der Waals surface area contributed by atoms with E-state index in [0.29, 0.717) is 6.54 Å². The minimum absolute atomic E-state index is 0.261. The van der Waals surface area contributed by atoms with Crippen LogP contribution in [0.2, 0.25) is 5.02 Å². The summed E-state index contributed by atoms with van der Waals surface area (Å²) in [6.07, 6.45) is 1.19. The molecule has 1 atom stereocenters. The molecule has 1 saturated heterocycles. The van der Waals surface area contributed by atoms with E-state index in [4.69, 9.17) is 22.1 Å². The Kier molecular flexibility index (Phi) is 4.50. The van der Waals surface area contributed by atoms with Gasteiger partial charge in [-0.15, -0.1) is 0 Å². The van der Waals surface area contributed by atoms with Gasteiger partial charge in [0.15, 0.2) is 0 Å². The van der Waals surface area contributed by atoms with Crippen molar-refractivity contribution in [3.8, 4) is 0 Å². The molecule has 2 heterocycles. The van der Waals surface area contributed by atoms with E-state index in [0.717, 1.165) is 43.2 Å². The van der Waals surface area contributed by atoms with Crippen LogP contribution in [0.5, 0.6) is 0 Å². The van der Waals surface area contributed by atoms with Crippen LogP contribution in [-0.4, -0.2) is 42.2 Å². The SMILES string of the molecule is Cc1c(CN2CCO[C@H](CCN)C2)[nH]c2c(Cl)cccc12. The molecule has 0 spiro atoms. The summed E-state index contributed by atoms with van der Waals surface area (Å²) in [5, 5.41) is 1.99. The van der Waals surface area contributed by atoms with E-state index >= 15 is 0 Å². The van der Waals surface area contributed by atoms with E-state index in [9.17, 15) is 0 Å². The topological polar surface area (TPSA) is 54.3 Å². The minimum atomic E-state index is 0.261. The number of aromatic amines is 1. The zero-order valence-electron chi connectivity index (χ0n) is 12.4. The van der Waals surface area contributed by atoms with Crippen LogP contribution in [0, 0.1) is 6.92 Å². The number of aryl methyl sites for hydroxylation is 1. The van der Waals surface area contributed by atoms with Gasteiger partial charge < -0.3 is 15.5 Å². The average Bonchev–Trinajstić information content (AvgIpc) is 2.79. The van der Waals surface area contributed by atoms with Crippen molar-refractivity contribution < 1.29 is 4.74 Å². The standard InChI is InChI=1S/C16H22ClN3O/c1-11-13-3-2-4-14(17)16(13)19-15(11)10-20-7-8-21-12(9-20)5-6-18/h2-4,12,19H,5-10,18H2,1H3/t12-/m1/s1. The van der Waals surface area contributed by atoms with Crippen LogP contribution < -0.4 is 5.73 Å². The third kappa shape index (κ3) is 3.09. The number of halogens is 1. The second-order valence-electron chi connectivity index (χ2n) is 5.70. The van der Waals surface area contributed by atoms with Crippen molar-refractivity contribution in [3.05, 3.63) is 34.5 Å². The summed E-state index contributed by atoms with van der Waals surface area (Å²) in [5.41, 5.74) is 9.20. The number of nitrogens with one attached hydrogen (secondary N) is 1. The lowest BCUT2D eigenvalue weighted by atomic mass is 10.1. The van der Waals surface area contributed by atoms with Gasteiger partial charge in [0.25, 0.3) is 0 Å². The van der Waals surface area contributed by atoms with Crippen molar-refractivity contribution in [2.45, 2.75) is 26.0 Å². The first-order valence-corrected chi connectivity index (χ1v) is 7.86. The molecule has 0 saturated carbocycles. The highest BCUT2D eigenvalue weighted by Gasteiger charge is 2.21. The number of hydrogen-bond acceptors (Lipinski definition) is 3. The molecule has 5 heteroatoms. The van der Waals surface area contributed by atoms with Gasteiger partial charge in [-0.1, -0.05) is 23.7 Å². The molecule has 0 aliphatic carbocycles. The summed E-state index contributed by atoms with van der Waals surface area (Å²) < 4.78 is 5.74. The molecule has 1 aromatic heterocycles. The molecule has 0 bridgehead atoms. The van der Waals surface area contributed by atoms with Crippen LogP contribution >= 0.6 is 11.6 Å². The fourth-order valence-electron chi connectivity index (χ4n) is 3.04. The number of hydrogen-bond donors (Lipinski definition) is 2. The van der Waals surface area contributed by atoms with Gasteiger partial charge in [-0.3, -0.25) is 4.90 Å². The van der Waals surface area contributed by atoms with Crippen molar-refractivity contribution in [1.82, 2.24) is 9.88 Å². The molecule has 2 aromatic rings. The Morgan fingerprint density at radius 3 is 3.10 bits per heavy atom. The molecule has 0 amide bonds. The van der Waals surface area contributed by atoms with Crippen LogP contribution in [0.4, 0.5) is 0 Å². The summed E-state index contributed by atoms with van der Waals surface area (Å²) in [7, 11) is 0. The van der Waals surface area contributed by atoms with E-state index < -0.39 is 0 Å². The molecule has 0 radical (unpaired) electrons. The molecule has 114 valence electrons. The van der Waals surface area contributed by atoms with Crippen LogP contribution in [-0.2, 0) is 11.3 Å². The molecule has 21 heavy (non-hydrogen) atoms. The van der Waals surface area contributed by atoms with Crippen molar-refractivity contribution in [2.75, 3.05) is 26.2 Å². The highest BCUT2D eigenvalue weighted by Crippen LogP contribution is 2.28. The number of para-hydroxylation sites is 1. The van der Waals surface area contributed by atoms with Gasteiger partial charge in [0.1, 0.15) is 0 Å². The molecular weight excluding hydrogens is 286 g/mol. The van der Waals surface area contributed by atoms with E-state index in [1.807, 2.05) is 12.1 Å². The molecule has 1 fully saturated rings. The lowest BCUT2D eigenvalue weighted by molar-refractivity contribution is -0.0338. The monoisotopic (exact) mass is 307 g/mol. The lowest BCUT2D eigenvalue weighted by Crippen LogP contribution is -2.42. The third-order valence-corrected chi connectivity index (χ3v) is 4.55. The average molecular weight is 308 g/mol. The first-order chi connectivity index (χ1) is 10.2. The number of ether oxygens (including phenoxy) is 1. The van der Waals surface area contributed by atoms with Crippen LogP contribution in [0.25, 0.3) is 10.9 Å². The molecule has 1 aromatic carbocycles. The summed E-state index contributed by atoms with van der Waals surface area (Å²) in [4.78, 5) is 5.91. The number of morpholine rings is 1. The first kappa shape index (κ1) is 14.9. The van der Waals surface area contributed by atoms with Crippen molar-refractivity contribution >= 4 is 22.5 Å². The molecule has 4 nitrogen and oxygen atoms in total. The maximum Gasteiger partial charge on any atom is 0.0714 e. The smallest absolute Gasteiger partial charge is 0.0714 e. The number of H-pyrrole nitrogens is 1. The predicted octanol–water partition coefficient (Wildman–Crippen LogP) is 2.68. The van der Waals surface area contributed by atoms with Crippen molar-refractivity contribution in [3.63, 3.8) is 0 Å². The van der Waals surface area contributed by atoms with Gasteiger partial charge in [0.05, 0.1) is 23.3 Å². The molecule has 1 aliphatic rings. The Balaban J connectivity index is 1.78. The Bertz CT molecular complexity index is 623. The number of rotatable bonds is 4. The van der Waals surface area contributed by atoms with E-state index in [1.54, 1.807) is 0 Å². The quantitative estimate of drug-likeness (QED) is 0.913. The normalized spacial score (nSPS) is 20.2.